The highest BCUT2D eigenvalue weighted by Crippen LogP contribution is 2.14. The molecule has 2 amide bonds. The highest BCUT2D eigenvalue weighted by atomic mass is 16.5. The fourth-order valence-electron chi connectivity index (χ4n) is 2.14. The zero-order valence-corrected chi connectivity index (χ0v) is 12.8. The van der Waals surface area contributed by atoms with Crippen LogP contribution in [-0.2, 0) is 13.0 Å². The lowest BCUT2D eigenvalue weighted by Crippen LogP contribution is -2.42. The van der Waals surface area contributed by atoms with E-state index in [-0.39, 0.29) is 12.1 Å². The summed E-state index contributed by atoms with van der Waals surface area (Å²) < 4.78 is 10.4. The topological polar surface area (TPSA) is 71.5 Å². The Morgan fingerprint density at radius 3 is 2.81 bits per heavy atom. The summed E-state index contributed by atoms with van der Waals surface area (Å²) in [6.07, 6.45) is 2.30. The number of carbonyl (C=O) groups is 1. The van der Waals surface area contributed by atoms with Crippen LogP contribution in [0.25, 0.3) is 0 Å². The van der Waals surface area contributed by atoms with Gasteiger partial charge in [-0.2, -0.15) is 0 Å². The molecule has 0 aromatic carbocycles. The van der Waals surface area contributed by atoms with E-state index in [2.05, 4.69) is 10.5 Å². The first-order valence-corrected chi connectivity index (χ1v) is 6.93. The van der Waals surface area contributed by atoms with E-state index in [1.54, 1.807) is 18.2 Å². The van der Waals surface area contributed by atoms with Gasteiger partial charge in [0.15, 0.2) is 0 Å². The minimum Gasteiger partial charge on any atom is -0.469 e. The average molecular weight is 291 g/mol. The van der Waals surface area contributed by atoms with Gasteiger partial charge in [-0.3, -0.25) is 0 Å². The fourth-order valence-corrected chi connectivity index (χ4v) is 2.14. The molecular formula is C15H21N3O3. The summed E-state index contributed by atoms with van der Waals surface area (Å²) in [6, 6.07) is 3.61. The minimum atomic E-state index is -0.131. The zero-order valence-electron chi connectivity index (χ0n) is 12.8. The molecule has 0 aliphatic carbocycles. The maximum atomic E-state index is 12.2. The van der Waals surface area contributed by atoms with Crippen LogP contribution in [0, 0.1) is 13.8 Å². The predicted octanol–water partition coefficient (Wildman–Crippen LogP) is 2.66. The number of nitrogens with one attached hydrogen (secondary N) is 1. The summed E-state index contributed by atoms with van der Waals surface area (Å²) >= 11 is 0. The van der Waals surface area contributed by atoms with Gasteiger partial charge < -0.3 is 19.2 Å². The molecule has 6 heteroatoms. The van der Waals surface area contributed by atoms with Crippen LogP contribution in [0.2, 0.25) is 0 Å². The molecule has 0 fully saturated rings. The molecule has 0 spiro atoms. The van der Waals surface area contributed by atoms with Gasteiger partial charge in [-0.25, -0.2) is 4.79 Å². The van der Waals surface area contributed by atoms with Crippen LogP contribution in [0.5, 0.6) is 0 Å². The Balaban J connectivity index is 1.87. The highest BCUT2D eigenvalue weighted by Gasteiger charge is 2.17. The number of rotatable bonds is 5. The molecule has 2 heterocycles. The van der Waals surface area contributed by atoms with Gasteiger partial charge in [0.05, 0.1) is 18.5 Å². The first-order valence-electron chi connectivity index (χ1n) is 6.93. The quantitative estimate of drug-likeness (QED) is 0.919. The van der Waals surface area contributed by atoms with Gasteiger partial charge in [0, 0.05) is 25.1 Å². The van der Waals surface area contributed by atoms with Crippen molar-refractivity contribution in [3.05, 3.63) is 41.2 Å². The summed E-state index contributed by atoms with van der Waals surface area (Å²) in [5.41, 5.74) is 1.77. The summed E-state index contributed by atoms with van der Waals surface area (Å²) in [6.45, 7) is 6.14. The molecule has 2 aromatic rings. The van der Waals surface area contributed by atoms with Crippen molar-refractivity contribution in [2.75, 3.05) is 7.05 Å². The van der Waals surface area contributed by atoms with Crippen LogP contribution >= 0.6 is 0 Å². The third kappa shape index (κ3) is 3.87. The maximum Gasteiger partial charge on any atom is 0.317 e. The minimum absolute atomic E-state index is 0.00392. The molecule has 0 aliphatic rings. The van der Waals surface area contributed by atoms with Crippen molar-refractivity contribution in [3.63, 3.8) is 0 Å². The largest absolute Gasteiger partial charge is 0.469 e. The second-order valence-electron chi connectivity index (χ2n) is 5.29. The molecule has 21 heavy (non-hydrogen) atoms. The Labute approximate surface area is 124 Å². The fraction of sp³-hybridized carbons (Fsp3) is 0.467. The molecular weight excluding hydrogens is 270 g/mol. The summed E-state index contributed by atoms with van der Waals surface area (Å²) in [5, 5.41) is 6.84. The number of urea groups is 1. The van der Waals surface area contributed by atoms with Gasteiger partial charge in [0.2, 0.25) is 0 Å². The highest BCUT2D eigenvalue weighted by molar-refractivity contribution is 5.74. The van der Waals surface area contributed by atoms with Crippen LogP contribution in [0.4, 0.5) is 4.79 Å². The van der Waals surface area contributed by atoms with Crippen molar-refractivity contribution in [1.82, 2.24) is 15.4 Å². The molecule has 1 atom stereocenters. The van der Waals surface area contributed by atoms with Crippen LogP contribution in [0.1, 0.15) is 29.7 Å². The third-order valence-electron chi connectivity index (χ3n) is 3.38. The van der Waals surface area contributed by atoms with E-state index in [0.29, 0.717) is 13.0 Å². The van der Waals surface area contributed by atoms with Gasteiger partial charge in [-0.15, -0.1) is 0 Å². The van der Waals surface area contributed by atoms with Gasteiger partial charge in [-0.05, 0) is 32.9 Å². The normalized spacial score (nSPS) is 12.2. The molecule has 2 aromatic heterocycles. The Hall–Kier alpha value is -2.24. The van der Waals surface area contributed by atoms with Gasteiger partial charge in [0.25, 0.3) is 0 Å². The van der Waals surface area contributed by atoms with E-state index in [1.807, 2.05) is 32.9 Å². The lowest BCUT2D eigenvalue weighted by molar-refractivity contribution is 0.202. The summed E-state index contributed by atoms with van der Waals surface area (Å²) in [5.74, 6) is 1.60. The molecule has 0 aliphatic heterocycles. The zero-order chi connectivity index (χ0) is 15.4. The smallest absolute Gasteiger partial charge is 0.317 e. The molecule has 0 bridgehead atoms. The van der Waals surface area contributed by atoms with Crippen molar-refractivity contribution < 1.29 is 13.7 Å². The number of amides is 2. The van der Waals surface area contributed by atoms with E-state index in [1.165, 1.54) is 0 Å². The molecule has 0 radical (unpaired) electrons. The number of aryl methyl sites for hydroxylation is 2. The van der Waals surface area contributed by atoms with Gasteiger partial charge in [0.1, 0.15) is 11.5 Å². The number of furan rings is 1. The van der Waals surface area contributed by atoms with Gasteiger partial charge >= 0.3 is 6.03 Å². The molecule has 1 unspecified atom stereocenters. The maximum absolute atomic E-state index is 12.2. The second-order valence-corrected chi connectivity index (χ2v) is 5.29. The van der Waals surface area contributed by atoms with Crippen molar-refractivity contribution in [2.45, 2.75) is 39.8 Å². The second kappa shape index (κ2) is 6.47. The Morgan fingerprint density at radius 2 is 2.24 bits per heavy atom. The first kappa shape index (κ1) is 15.2. The number of aromatic nitrogens is 1. The van der Waals surface area contributed by atoms with Crippen molar-refractivity contribution in [2.24, 2.45) is 0 Å². The Bertz CT molecular complexity index is 570. The third-order valence-corrected chi connectivity index (χ3v) is 3.38. The number of hydrogen-bond donors (Lipinski definition) is 1. The monoisotopic (exact) mass is 291 g/mol. The lowest BCUT2D eigenvalue weighted by Gasteiger charge is -2.21. The van der Waals surface area contributed by atoms with Gasteiger partial charge in [-0.1, -0.05) is 5.16 Å². The van der Waals surface area contributed by atoms with Crippen molar-refractivity contribution >= 4 is 6.03 Å². The van der Waals surface area contributed by atoms with Crippen molar-refractivity contribution in [1.29, 1.82) is 0 Å². The molecule has 6 nitrogen and oxygen atoms in total. The van der Waals surface area contributed by atoms with Crippen molar-refractivity contribution in [3.8, 4) is 0 Å². The van der Waals surface area contributed by atoms with Crippen LogP contribution < -0.4 is 5.32 Å². The summed E-state index contributed by atoms with van der Waals surface area (Å²) in [4.78, 5) is 13.8. The van der Waals surface area contributed by atoms with E-state index >= 15 is 0 Å². The van der Waals surface area contributed by atoms with Crippen LogP contribution in [0.15, 0.2) is 27.3 Å². The van der Waals surface area contributed by atoms with Crippen LogP contribution in [-0.4, -0.2) is 29.2 Å². The lowest BCUT2D eigenvalue weighted by atomic mass is 10.2. The molecule has 114 valence electrons. The summed E-state index contributed by atoms with van der Waals surface area (Å²) in [7, 11) is 1.75. The SMILES string of the molecule is Cc1noc(C)c1CN(C)C(=O)NC(C)Cc1ccco1. The van der Waals surface area contributed by atoms with Crippen LogP contribution in [0.3, 0.4) is 0 Å². The van der Waals surface area contributed by atoms with E-state index in [9.17, 15) is 4.79 Å². The Morgan fingerprint density at radius 1 is 1.48 bits per heavy atom. The standard InChI is InChI=1S/C15H21N3O3/c1-10(8-13-6-5-7-20-13)16-15(19)18(4)9-14-11(2)17-21-12(14)3/h5-7,10H,8-9H2,1-4H3,(H,16,19). The predicted molar refractivity (Wildman–Crippen MR) is 77.8 cm³/mol. The van der Waals surface area contributed by atoms with E-state index in [0.717, 1.165) is 22.8 Å². The number of carbonyl (C=O) groups excluding carboxylic acids is 1. The molecule has 2 rings (SSSR count). The number of nitrogens with zero attached hydrogens (tertiary/aromatic N) is 2. The Kier molecular flexibility index (Phi) is 4.67. The molecule has 1 N–H and O–H groups in total. The van der Waals surface area contributed by atoms with E-state index in [4.69, 9.17) is 8.94 Å². The molecule has 0 saturated heterocycles. The first-order chi connectivity index (χ1) is 9.97. The van der Waals surface area contributed by atoms with E-state index < -0.39 is 0 Å². The number of hydrogen-bond acceptors (Lipinski definition) is 4. The molecule has 0 saturated carbocycles. The average Bonchev–Trinajstić information content (AvgIpc) is 3.03.